The van der Waals surface area contributed by atoms with Gasteiger partial charge in [-0.1, -0.05) is 20.8 Å². The van der Waals surface area contributed by atoms with Crippen molar-refractivity contribution in [1.29, 1.82) is 0 Å². The minimum Gasteiger partial charge on any atom is -0.388 e. The Morgan fingerprint density at radius 1 is 1.36 bits per heavy atom. The highest BCUT2D eigenvalue weighted by atomic mass is 16.3. The first-order valence-electron chi connectivity index (χ1n) is 5.88. The van der Waals surface area contributed by atoms with Gasteiger partial charge < -0.3 is 10.4 Å². The molecule has 2 bridgehead atoms. The SMILES string of the molecule is CC(C)N[C@@H]1C[C@@H]2C3[C@@H](C32C)[C@]1(C)O. The number of nitrogens with one attached hydrogen (secondary N) is 1. The summed E-state index contributed by atoms with van der Waals surface area (Å²) in [7, 11) is 0. The van der Waals surface area contributed by atoms with Crippen molar-refractivity contribution in [3.63, 3.8) is 0 Å². The van der Waals surface area contributed by atoms with Gasteiger partial charge in [-0.2, -0.15) is 0 Å². The van der Waals surface area contributed by atoms with Crippen LogP contribution in [0.15, 0.2) is 0 Å². The number of rotatable bonds is 2. The molecule has 0 aliphatic heterocycles. The Labute approximate surface area is 86.1 Å². The second-order valence-corrected chi connectivity index (χ2v) is 6.31. The highest BCUT2D eigenvalue weighted by Crippen LogP contribution is 2.90. The second kappa shape index (κ2) is 2.19. The summed E-state index contributed by atoms with van der Waals surface area (Å²) in [5.74, 6) is 2.37. The smallest absolute Gasteiger partial charge is 0.0808 e. The average molecular weight is 195 g/mol. The molecule has 0 aromatic heterocycles. The number of hydrogen-bond donors (Lipinski definition) is 2. The summed E-state index contributed by atoms with van der Waals surface area (Å²) in [5.41, 5.74) is 0.0805. The molecule has 0 aromatic rings. The van der Waals surface area contributed by atoms with Crippen LogP contribution in [0.25, 0.3) is 0 Å². The zero-order valence-corrected chi connectivity index (χ0v) is 9.54. The van der Waals surface area contributed by atoms with E-state index in [-0.39, 0.29) is 0 Å². The van der Waals surface area contributed by atoms with E-state index in [1.54, 1.807) is 0 Å². The van der Waals surface area contributed by atoms with Crippen LogP contribution in [0.2, 0.25) is 0 Å². The third-order valence-corrected chi connectivity index (χ3v) is 5.12. The third-order valence-electron chi connectivity index (χ3n) is 5.12. The molecular formula is C12H21NO. The van der Waals surface area contributed by atoms with E-state index < -0.39 is 5.60 Å². The molecular weight excluding hydrogens is 174 g/mol. The lowest BCUT2D eigenvalue weighted by Crippen LogP contribution is -2.58. The van der Waals surface area contributed by atoms with Crippen molar-refractivity contribution >= 4 is 0 Å². The number of hydrogen-bond acceptors (Lipinski definition) is 2. The van der Waals surface area contributed by atoms with Gasteiger partial charge in [-0.3, -0.25) is 0 Å². The lowest BCUT2D eigenvalue weighted by Gasteiger charge is -2.45. The van der Waals surface area contributed by atoms with Crippen molar-refractivity contribution in [3.8, 4) is 0 Å². The van der Waals surface area contributed by atoms with Gasteiger partial charge in [-0.05, 0) is 36.5 Å². The van der Waals surface area contributed by atoms with Gasteiger partial charge in [-0.25, -0.2) is 0 Å². The molecule has 0 heterocycles. The molecule has 0 spiro atoms. The van der Waals surface area contributed by atoms with Crippen LogP contribution in [-0.4, -0.2) is 22.8 Å². The predicted molar refractivity (Wildman–Crippen MR) is 55.9 cm³/mol. The van der Waals surface area contributed by atoms with E-state index in [9.17, 15) is 5.11 Å². The average Bonchev–Trinajstić information content (AvgIpc) is 2.80. The summed E-state index contributed by atoms with van der Waals surface area (Å²) in [6.07, 6.45) is 1.18. The van der Waals surface area contributed by atoms with Gasteiger partial charge in [0.2, 0.25) is 0 Å². The van der Waals surface area contributed by atoms with E-state index in [0.29, 0.717) is 23.4 Å². The molecule has 4 aliphatic rings. The summed E-state index contributed by atoms with van der Waals surface area (Å²) < 4.78 is 0. The monoisotopic (exact) mass is 195 g/mol. The van der Waals surface area contributed by atoms with Crippen LogP contribution in [0.1, 0.15) is 34.1 Å². The largest absolute Gasteiger partial charge is 0.388 e. The van der Waals surface area contributed by atoms with Gasteiger partial charge in [0.15, 0.2) is 0 Å². The van der Waals surface area contributed by atoms with E-state index >= 15 is 0 Å². The standard InChI is InChI=1S/C12H21NO/c1-6(2)13-8-5-7-9-10(11(7,9)3)12(8,4)14/h6-10,13-14H,5H2,1-4H3/t7-,8-,9?,10+,11?,12-/m1/s1. The maximum atomic E-state index is 10.5. The van der Waals surface area contributed by atoms with Gasteiger partial charge in [0.1, 0.15) is 0 Å². The highest BCUT2D eigenvalue weighted by Gasteiger charge is 2.89. The van der Waals surface area contributed by atoms with E-state index in [1.807, 2.05) is 6.92 Å². The van der Waals surface area contributed by atoms with Crippen LogP contribution in [0.3, 0.4) is 0 Å². The van der Waals surface area contributed by atoms with Gasteiger partial charge in [0, 0.05) is 12.1 Å². The minimum absolute atomic E-state index is 0.323. The quantitative estimate of drug-likeness (QED) is 0.698. The summed E-state index contributed by atoms with van der Waals surface area (Å²) in [5, 5.41) is 14.0. The lowest BCUT2D eigenvalue weighted by molar-refractivity contribution is -0.0711. The first-order valence-corrected chi connectivity index (χ1v) is 5.88. The van der Waals surface area contributed by atoms with Gasteiger partial charge in [-0.15, -0.1) is 0 Å². The van der Waals surface area contributed by atoms with E-state index in [1.165, 1.54) is 6.42 Å². The minimum atomic E-state index is -0.460. The first kappa shape index (κ1) is 9.17. The summed E-state index contributed by atoms with van der Waals surface area (Å²) in [6, 6.07) is 0.802. The van der Waals surface area contributed by atoms with Crippen LogP contribution in [-0.2, 0) is 0 Å². The lowest BCUT2D eigenvalue weighted by atomic mass is 9.69. The Morgan fingerprint density at radius 2 is 1.93 bits per heavy atom. The third kappa shape index (κ3) is 0.809. The van der Waals surface area contributed by atoms with E-state index in [4.69, 9.17) is 0 Å². The van der Waals surface area contributed by atoms with Crippen LogP contribution < -0.4 is 5.32 Å². The Morgan fingerprint density at radius 3 is 2.36 bits per heavy atom. The second-order valence-electron chi connectivity index (χ2n) is 6.31. The van der Waals surface area contributed by atoms with Crippen LogP contribution in [0.5, 0.6) is 0 Å². The Kier molecular flexibility index (Phi) is 1.44. The van der Waals surface area contributed by atoms with E-state index in [0.717, 1.165) is 11.8 Å². The topological polar surface area (TPSA) is 32.3 Å². The molecule has 2 nitrogen and oxygen atoms in total. The van der Waals surface area contributed by atoms with Crippen molar-refractivity contribution in [3.05, 3.63) is 0 Å². The summed E-state index contributed by atoms with van der Waals surface area (Å²) in [4.78, 5) is 0. The zero-order chi connectivity index (χ0) is 10.3. The van der Waals surface area contributed by atoms with Crippen molar-refractivity contribution < 1.29 is 5.11 Å². The number of aliphatic hydroxyl groups is 1. The van der Waals surface area contributed by atoms with Gasteiger partial charge in [0.05, 0.1) is 5.60 Å². The normalized spacial score (nSPS) is 63.9. The molecule has 14 heavy (non-hydrogen) atoms. The Balaban J connectivity index is 1.77. The molecule has 2 unspecified atom stereocenters. The van der Waals surface area contributed by atoms with Gasteiger partial charge in [0.25, 0.3) is 0 Å². The molecule has 0 aromatic carbocycles. The molecule has 6 atom stereocenters. The van der Waals surface area contributed by atoms with Crippen LogP contribution in [0, 0.1) is 23.2 Å². The predicted octanol–water partition coefficient (Wildman–Crippen LogP) is 1.39. The molecule has 4 saturated carbocycles. The summed E-state index contributed by atoms with van der Waals surface area (Å²) >= 11 is 0. The van der Waals surface area contributed by atoms with Crippen molar-refractivity contribution in [2.75, 3.05) is 0 Å². The maximum Gasteiger partial charge on any atom is 0.0808 e. The number of fused-ring (bicyclic) bond motifs is 2. The van der Waals surface area contributed by atoms with E-state index in [2.05, 4.69) is 26.1 Å². The fraction of sp³-hybridized carbons (Fsp3) is 1.00. The molecule has 0 radical (unpaired) electrons. The molecule has 0 saturated heterocycles. The van der Waals surface area contributed by atoms with Crippen LogP contribution in [0.4, 0.5) is 0 Å². The fourth-order valence-electron chi connectivity index (χ4n) is 4.31. The first-order chi connectivity index (χ1) is 6.40. The van der Waals surface area contributed by atoms with Crippen LogP contribution >= 0.6 is 0 Å². The molecule has 2 N–H and O–H groups in total. The maximum absolute atomic E-state index is 10.5. The Hall–Kier alpha value is -0.0800. The summed E-state index contributed by atoms with van der Waals surface area (Å²) in [6.45, 7) is 8.70. The van der Waals surface area contributed by atoms with Crippen molar-refractivity contribution in [2.24, 2.45) is 23.2 Å². The molecule has 0 amide bonds. The Bertz CT molecular complexity index is 286. The fourth-order valence-corrected chi connectivity index (χ4v) is 4.31. The molecule has 4 rings (SSSR count). The molecule has 80 valence electrons. The highest BCUT2D eigenvalue weighted by molar-refractivity contribution is 5.38. The zero-order valence-electron chi connectivity index (χ0n) is 9.54. The molecule has 4 fully saturated rings. The molecule has 2 heteroatoms. The van der Waals surface area contributed by atoms with Gasteiger partial charge >= 0.3 is 0 Å². The van der Waals surface area contributed by atoms with Crippen molar-refractivity contribution in [2.45, 2.75) is 51.8 Å². The van der Waals surface area contributed by atoms with Crippen molar-refractivity contribution in [1.82, 2.24) is 5.32 Å². The molecule has 4 aliphatic carbocycles.